The number of carbonyl (C=O) groups is 1. The summed E-state index contributed by atoms with van der Waals surface area (Å²) >= 11 is 0. The largest absolute Gasteiger partial charge is 0.420 e. The van der Waals surface area contributed by atoms with Gasteiger partial charge in [0.2, 0.25) is 5.91 Å². The van der Waals surface area contributed by atoms with E-state index in [0.29, 0.717) is 11.1 Å². The van der Waals surface area contributed by atoms with Crippen LogP contribution in [0.2, 0.25) is 0 Å². The van der Waals surface area contributed by atoms with Gasteiger partial charge in [-0.25, -0.2) is 4.79 Å². The normalized spacial score (nSPS) is 20.1. The smallest absolute Gasteiger partial charge is 0.408 e. The summed E-state index contributed by atoms with van der Waals surface area (Å²) in [7, 11) is 0. The third-order valence-electron chi connectivity index (χ3n) is 5.06. The molecule has 1 aliphatic heterocycles. The average Bonchev–Trinajstić information content (AvgIpc) is 2.98. The van der Waals surface area contributed by atoms with Gasteiger partial charge in [0, 0.05) is 25.3 Å². The summed E-state index contributed by atoms with van der Waals surface area (Å²) in [5.41, 5.74) is 2.87. The summed E-state index contributed by atoms with van der Waals surface area (Å²) in [6, 6.07) is 14.8. The number of fused-ring (bicyclic) bond motifs is 1. The van der Waals surface area contributed by atoms with E-state index in [1.807, 2.05) is 30.3 Å². The van der Waals surface area contributed by atoms with Crippen LogP contribution in [-0.4, -0.2) is 40.7 Å². The summed E-state index contributed by atoms with van der Waals surface area (Å²) in [6.07, 6.45) is 0.364. The lowest BCUT2D eigenvalue weighted by atomic mass is 10.1. The molecule has 1 amide bonds. The van der Waals surface area contributed by atoms with Gasteiger partial charge >= 0.3 is 5.76 Å². The highest BCUT2D eigenvalue weighted by molar-refractivity contribution is 5.92. The Kier molecular flexibility index (Phi) is 5.51. The Balaban J connectivity index is 1.49. The van der Waals surface area contributed by atoms with Gasteiger partial charge in [0.15, 0.2) is 5.58 Å². The van der Waals surface area contributed by atoms with Crippen molar-refractivity contribution in [1.82, 2.24) is 9.47 Å². The average molecular weight is 395 g/mol. The summed E-state index contributed by atoms with van der Waals surface area (Å²) < 4.78 is 12.4. The van der Waals surface area contributed by atoms with Crippen molar-refractivity contribution in [2.45, 2.75) is 39.1 Å². The van der Waals surface area contributed by atoms with Gasteiger partial charge < -0.3 is 14.5 Å². The van der Waals surface area contributed by atoms with Crippen molar-refractivity contribution in [2.75, 3.05) is 18.4 Å². The second kappa shape index (κ2) is 8.23. The number of aromatic nitrogens is 1. The Morgan fingerprint density at radius 1 is 1.07 bits per heavy atom. The Bertz CT molecular complexity index is 1060. The molecule has 152 valence electrons. The van der Waals surface area contributed by atoms with E-state index in [2.05, 4.69) is 24.1 Å². The topological polar surface area (TPSA) is 76.7 Å². The van der Waals surface area contributed by atoms with Crippen molar-refractivity contribution < 1.29 is 13.9 Å². The number of ether oxygens (including phenoxy) is 1. The third-order valence-corrected chi connectivity index (χ3v) is 5.06. The number of rotatable bonds is 5. The van der Waals surface area contributed by atoms with Crippen LogP contribution in [-0.2, 0) is 22.6 Å². The molecular formula is C22H25N3O4. The molecule has 2 aromatic carbocycles. The number of nitrogens with zero attached hydrogens (tertiary/aromatic N) is 2. The second-order valence-corrected chi connectivity index (χ2v) is 7.58. The highest BCUT2D eigenvalue weighted by Gasteiger charge is 2.23. The molecule has 1 aromatic heterocycles. The first-order valence-corrected chi connectivity index (χ1v) is 9.83. The Labute approximate surface area is 168 Å². The molecule has 7 nitrogen and oxygen atoms in total. The molecule has 1 saturated heterocycles. The van der Waals surface area contributed by atoms with E-state index in [9.17, 15) is 9.59 Å². The van der Waals surface area contributed by atoms with Gasteiger partial charge in [-0.15, -0.1) is 0 Å². The molecule has 2 atom stereocenters. The predicted molar refractivity (Wildman–Crippen MR) is 111 cm³/mol. The molecule has 0 spiro atoms. The molecule has 29 heavy (non-hydrogen) atoms. The van der Waals surface area contributed by atoms with Gasteiger partial charge in [0.1, 0.15) is 6.54 Å². The van der Waals surface area contributed by atoms with Crippen LogP contribution in [0.25, 0.3) is 11.1 Å². The highest BCUT2D eigenvalue weighted by atomic mass is 16.5. The van der Waals surface area contributed by atoms with Crippen LogP contribution in [0.15, 0.2) is 57.7 Å². The van der Waals surface area contributed by atoms with Crippen LogP contribution < -0.4 is 11.1 Å². The standard InChI is InChI=1S/C22H25N3O4/c1-15-11-24(12-16(2)28-15)13-17-7-3-4-8-18(17)23-21(26)14-25-19-9-5-6-10-20(19)29-22(25)27/h3-10,15-16H,11-14H2,1-2H3,(H,23,26). The van der Waals surface area contributed by atoms with E-state index in [-0.39, 0.29) is 24.7 Å². The number of carbonyl (C=O) groups excluding carboxylic acids is 1. The second-order valence-electron chi connectivity index (χ2n) is 7.58. The zero-order chi connectivity index (χ0) is 20.4. The van der Waals surface area contributed by atoms with E-state index in [1.54, 1.807) is 18.2 Å². The van der Waals surface area contributed by atoms with Crippen molar-refractivity contribution in [3.05, 3.63) is 64.6 Å². The Morgan fingerprint density at radius 3 is 2.55 bits per heavy atom. The number of morpholine rings is 1. The SMILES string of the molecule is CC1CN(Cc2ccccc2NC(=O)Cn2c(=O)oc3ccccc32)CC(C)O1. The molecule has 0 saturated carbocycles. The number of hydrogen-bond acceptors (Lipinski definition) is 5. The lowest BCUT2D eigenvalue weighted by molar-refractivity contribution is -0.116. The van der Waals surface area contributed by atoms with Crippen LogP contribution >= 0.6 is 0 Å². The first-order chi connectivity index (χ1) is 14.0. The number of oxazole rings is 1. The first kappa shape index (κ1) is 19.4. The molecule has 7 heteroatoms. The Morgan fingerprint density at radius 2 is 1.76 bits per heavy atom. The van der Waals surface area contributed by atoms with E-state index < -0.39 is 5.76 Å². The van der Waals surface area contributed by atoms with E-state index in [4.69, 9.17) is 9.15 Å². The van der Waals surface area contributed by atoms with Gasteiger partial charge in [-0.05, 0) is 37.6 Å². The van der Waals surface area contributed by atoms with Crippen molar-refractivity contribution in [1.29, 1.82) is 0 Å². The van der Waals surface area contributed by atoms with Gasteiger partial charge in [0.05, 0.1) is 17.7 Å². The fourth-order valence-corrected chi connectivity index (χ4v) is 3.93. The molecule has 0 aliphatic carbocycles. The predicted octanol–water partition coefficient (Wildman–Crippen LogP) is 2.84. The lowest BCUT2D eigenvalue weighted by Gasteiger charge is -2.35. The Hall–Kier alpha value is -2.90. The van der Waals surface area contributed by atoms with Gasteiger partial charge in [-0.3, -0.25) is 14.3 Å². The van der Waals surface area contributed by atoms with Crippen molar-refractivity contribution >= 4 is 22.7 Å². The van der Waals surface area contributed by atoms with Crippen LogP contribution in [0, 0.1) is 0 Å². The number of anilines is 1. The summed E-state index contributed by atoms with van der Waals surface area (Å²) in [6.45, 7) is 6.47. The molecule has 1 fully saturated rings. The van der Waals surface area contributed by atoms with E-state index >= 15 is 0 Å². The molecule has 2 unspecified atom stereocenters. The summed E-state index contributed by atoms with van der Waals surface area (Å²) in [5.74, 6) is -0.805. The number of para-hydroxylation sites is 3. The van der Waals surface area contributed by atoms with Crippen LogP contribution in [0.4, 0.5) is 5.69 Å². The molecular weight excluding hydrogens is 370 g/mol. The molecule has 1 aliphatic rings. The zero-order valence-corrected chi connectivity index (χ0v) is 16.6. The first-order valence-electron chi connectivity index (χ1n) is 9.83. The van der Waals surface area contributed by atoms with Crippen molar-refractivity contribution in [2.24, 2.45) is 0 Å². The molecule has 3 aromatic rings. The molecule has 0 radical (unpaired) electrons. The number of amides is 1. The van der Waals surface area contributed by atoms with Crippen LogP contribution in [0.3, 0.4) is 0 Å². The van der Waals surface area contributed by atoms with E-state index in [0.717, 1.165) is 30.9 Å². The number of nitrogens with one attached hydrogen (secondary N) is 1. The molecule has 0 bridgehead atoms. The molecule has 1 N–H and O–H groups in total. The highest BCUT2D eigenvalue weighted by Crippen LogP contribution is 2.20. The quantitative estimate of drug-likeness (QED) is 0.719. The maximum atomic E-state index is 12.7. The third kappa shape index (κ3) is 4.41. The zero-order valence-electron chi connectivity index (χ0n) is 16.6. The summed E-state index contributed by atoms with van der Waals surface area (Å²) in [4.78, 5) is 27.1. The maximum absolute atomic E-state index is 12.7. The minimum Gasteiger partial charge on any atom is -0.408 e. The van der Waals surface area contributed by atoms with Gasteiger partial charge in [0.25, 0.3) is 0 Å². The van der Waals surface area contributed by atoms with Gasteiger partial charge in [-0.2, -0.15) is 0 Å². The van der Waals surface area contributed by atoms with Gasteiger partial charge in [-0.1, -0.05) is 30.3 Å². The fraction of sp³-hybridized carbons (Fsp3) is 0.364. The fourth-order valence-electron chi connectivity index (χ4n) is 3.93. The summed E-state index contributed by atoms with van der Waals surface area (Å²) in [5, 5.41) is 2.95. The van der Waals surface area contributed by atoms with E-state index in [1.165, 1.54) is 4.57 Å². The monoisotopic (exact) mass is 395 g/mol. The molecule has 4 rings (SSSR count). The minimum atomic E-state index is -0.536. The van der Waals surface area contributed by atoms with Crippen LogP contribution in [0.5, 0.6) is 0 Å². The maximum Gasteiger partial charge on any atom is 0.420 e. The minimum absolute atomic E-state index is 0.101. The van der Waals surface area contributed by atoms with Crippen molar-refractivity contribution in [3.8, 4) is 0 Å². The number of hydrogen-bond donors (Lipinski definition) is 1. The lowest BCUT2D eigenvalue weighted by Crippen LogP contribution is -2.44. The number of benzene rings is 2. The van der Waals surface area contributed by atoms with Crippen molar-refractivity contribution in [3.63, 3.8) is 0 Å². The van der Waals surface area contributed by atoms with Crippen LogP contribution in [0.1, 0.15) is 19.4 Å². The molecule has 2 heterocycles.